The third kappa shape index (κ3) is 3.60. The molecule has 0 fully saturated rings. The maximum absolute atomic E-state index is 12.9. The quantitative estimate of drug-likeness (QED) is 0.889. The lowest BCUT2D eigenvalue weighted by Crippen LogP contribution is -2.39. The lowest BCUT2D eigenvalue weighted by Gasteiger charge is -2.28. The standard InChI is InChI=1S/C20H24N2O2/c1-22(18(9-11-21)13-15-5-3-2-4-6-15)20(23)17-7-8-19-16(14-17)10-12-24-19/h2-8,14,18H,9-13,21H2,1H3. The Morgan fingerprint density at radius 2 is 2.04 bits per heavy atom. The Kier molecular flexibility index (Phi) is 5.16. The van der Waals surface area contributed by atoms with Crippen molar-refractivity contribution in [3.05, 3.63) is 65.2 Å². The van der Waals surface area contributed by atoms with E-state index in [1.165, 1.54) is 5.56 Å². The van der Waals surface area contributed by atoms with Gasteiger partial charge in [-0.3, -0.25) is 4.79 Å². The van der Waals surface area contributed by atoms with Gasteiger partial charge in [-0.15, -0.1) is 0 Å². The zero-order valence-electron chi connectivity index (χ0n) is 14.1. The van der Waals surface area contributed by atoms with Crippen LogP contribution in [0, 0.1) is 0 Å². The van der Waals surface area contributed by atoms with Crippen molar-refractivity contribution in [2.75, 3.05) is 20.2 Å². The zero-order chi connectivity index (χ0) is 16.9. The molecule has 2 aromatic rings. The minimum atomic E-state index is 0.0408. The van der Waals surface area contributed by atoms with E-state index in [2.05, 4.69) is 12.1 Å². The molecule has 24 heavy (non-hydrogen) atoms. The summed E-state index contributed by atoms with van der Waals surface area (Å²) < 4.78 is 5.52. The van der Waals surface area contributed by atoms with E-state index in [4.69, 9.17) is 10.5 Å². The SMILES string of the molecule is CN(C(=O)c1ccc2c(c1)CCO2)C(CCN)Cc1ccccc1. The van der Waals surface area contributed by atoms with Crippen LogP contribution in [0.3, 0.4) is 0 Å². The van der Waals surface area contributed by atoms with Gasteiger partial charge in [0.05, 0.1) is 6.61 Å². The molecule has 4 heteroatoms. The summed E-state index contributed by atoms with van der Waals surface area (Å²) in [4.78, 5) is 14.7. The van der Waals surface area contributed by atoms with Gasteiger partial charge in [-0.2, -0.15) is 0 Å². The van der Waals surface area contributed by atoms with E-state index >= 15 is 0 Å². The van der Waals surface area contributed by atoms with Gasteiger partial charge in [0.2, 0.25) is 0 Å². The van der Waals surface area contributed by atoms with Crippen LogP contribution in [0.5, 0.6) is 5.75 Å². The lowest BCUT2D eigenvalue weighted by atomic mass is 10.0. The maximum Gasteiger partial charge on any atom is 0.253 e. The van der Waals surface area contributed by atoms with E-state index in [1.54, 1.807) is 0 Å². The molecule has 1 heterocycles. The summed E-state index contributed by atoms with van der Waals surface area (Å²) in [6.45, 7) is 1.26. The minimum absolute atomic E-state index is 0.0408. The Morgan fingerprint density at radius 3 is 2.79 bits per heavy atom. The van der Waals surface area contributed by atoms with Crippen molar-refractivity contribution in [1.29, 1.82) is 0 Å². The molecule has 1 aliphatic heterocycles. The second kappa shape index (κ2) is 7.49. The molecule has 2 aromatic carbocycles. The van der Waals surface area contributed by atoms with E-state index in [9.17, 15) is 4.79 Å². The third-order valence-electron chi connectivity index (χ3n) is 4.62. The fourth-order valence-corrected chi connectivity index (χ4v) is 3.20. The smallest absolute Gasteiger partial charge is 0.253 e. The highest BCUT2D eigenvalue weighted by atomic mass is 16.5. The summed E-state index contributed by atoms with van der Waals surface area (Å²) in [6.07, 6.45) is 2.47. The molecule has 0 radical (unpaired) electrons. The zero-order valence-corrected chi connectivity index (χ0v) is 14.1. The van der Waals surface area contributed by atoms with E-state index < -0.39 is 0 Å². The van der Waals surface area contributed by atoms with Crippen molar-refractivity contribution in [1.82, 2.24) is 4.90 Å². The lowest BCUT2D eigenvalue weighted by molar-refractivity contribution is 0.0725. The molecule has 0 saturated carbocycles. The molecular weight excluding hydrogens is 300 g/mol. The normalized spacial score (nSPS) is 13.9. The number of carbonyl (C=O) groups excluding carboxylic acids is 1. The third-order valence-corrected chi connectivity index (χ3v) is 4.62. The van der Waals surface area contributed by atoms with Crippen LogP contribution in [0.2, 0.25) is 0 Å². The summed E-state index contributed by atoms with van der Waals surface area (Å²) in [5.41, 5.74) is 8.84. The summed E-state index contributed by atoms with van der Waals surface area (Å²) in [6, 6.07) is 16.0. The van der Waals surface area contributed by atoms with Crippen molar-refractivity contribution in [2.24, 2.45) is 5.73 Å². The number of hydrogen-bond donors (Lipinski definition) is 1. The molecule has 1 unspecified atom stereocenters. The van der Waals surface area contributed by atoms with Crippen molar-refractivity contribution in [3.8, 4) is 5.75 Å². The first-order valence-electron chi connectivity index (χ1n) is 8.46. The number of fused-ring (bicyclic) bond motifs is 1. The highest BCUT2D eigenvalue weighted by molar-refractivity contribution is 5.94. The number of carbonyl (C=O) groups is 1. The van der Waals surface area contributed by atoms with E-state index in [0.717, 1.165) is 36.1 Å². The number of nitrogens with zero attached hydrogens (tertiary/aromatic N) is 1. The second-order valence-electron chi connectivity index (χ2n) is 6.26. The van der Waals surface area contributed by atoms with Gasteiger partial charge in [-0.05, 0) is 48.7 Å². The van der Waals surface area contributed by atoms with Crippen LogP contribution in [-0.4, -0.2) is 37.0 Å². The summed E-state index contributed by atoms with van der Waals surface area (Å²) in [5, 5.41) is 0. The van der Waals surface area contributed by atoms with Gasteiger partial charge < -0.3 is 15.4 Å². The van der Waals surface area contributed by atoms with Crippen LogP contribution < -0.4 is 10.5 Å². The predicted molar refractivity (Wildman–Crippen MR) is 95.3 cm³/mol. The Labute approximate surface area is 143 Å². The Balaban J connectivity index is 1.76. The topological polar surface area (TPSA) is 55.6 Å². The minimum Gasteiger partial charge on any atom is -0.493 e. The van der Waals surface area contributed by atoms with Gasteiger partial charge >= 0.3 is 0 Å². The number of nitrogens with two attached hydrogens (primary N) is 1. The molecule has 3 rings (SSSR count). The highest BCUT2D eigenvalue weighted by Gasteiger charge is 2.22. The summed E-state index contributed by atoms with van der Waals surface area (Å²) in [5.74, 6) is 0.941. The van der Waals surface area contributed by atoms with Gasteiger partial charge in [0, 0.05) is 25.1 Å². The first kappa shape index (κ1) is 16.5. The van der Waals surface area contributed by atoms with Crippen molar-refractivity contribution in [3.63, 3.8) is 0 Å². The van der Waals surface area contributed by atoms with Gasteiger partial charge in [0.15, 0.2) is 0 Å². The van der Waals surface area contributed by atoms with Crippen LogP contribution in [0.4, 0.5) is 0 Å². The Hall–Kier alpha value is -2.33. The molecule has 1 atom stereocenters. The molecule has 4 nitrogen and oxygen atoms in total. The number of likely N-dealkylation sites (N-methyl/N-ethyl adjacent to an activating group) is 1. The Bertz CT molecular complexity index is 700. The molecule has 0 bridgehead atoms. The number of amides is 1. The molecule has 126 valence electrons. The Morgan fingerprint density at radius 1 is 1.25 bits per heavy atom. The van der Waals surface area contributed by atoms with Gasteiger partial charge in [0.25, 0.3) is 5.91 Å². The molecule has 0 aromatic heterocycles. The van der Waals surface area contributed by atoms with Crippen LogP contribution in [0.1, 0.15) is 27.9 Å². The monoisotopic (exact) mass is 324 g/mol. The van der Waals surface area contributed by atoms with Gasteiger partial charge in [0.1, 0.15) is 5.75 Å². The number of rotatable bonds is 6. The summed E-state index contributed by atoms with van der Waals surface area (Å²) in [7, 11) is 1.87. The van der Waals surface area contributed by atoms with Crippen LogP contribution in [-0.2, 0) is 12.8 Å². The van der Waals surface area contributed by atoms with Gasteiger partial charge in [-0.25, -0.2) is 0 Å². The second-order valence-corrected chi connectivity index (χ2v) is 6.26. The molecule has 1 aliphatic rings. The first-order valence-corrected chi connectivity index (χ1v) is 8.46. The number of hydrogen-bond acceptors (Lipinski definition) is 3. The predicted octanol–water partition coefficient (Wildman–Crippen LogP) is 2.65. The molecule has 0 saturated heterocycles. The fourth-order valence-electron chi connectivity index (χ4n) is 3.20. The number of benzene rings is 2. The summed E-state index contributed by atoms with van der Waals surface area (Å²) >= 11 is 0. The van der Waals surface area contributed by atoms with Crippen LogP contribution >= 0.6 is 0 Å². The van der Waals surface area contributed by atoms with Crippen molar-refractivity contribution >= 4 is 5.91 Å². The van der Waals surface area contributed by atoms with Crippen LogP contribution in [0.15, 0.2) is 48.5 Å². The average Bonchev–Trinajstić information content (AvgIpc) is 3.08. The molecular formula is C20H24N2O2. The molecule has 1 amide bonds. The molecule has 0 spiro atoms. The van der Waals surface area contributed by atoms with E-state index in [1.807, 2.05) is 48.3 Å². The van der Waals surface area contributed by atoms with Crippen molar-refractivity contribution < 1.29 is 9.53 Å². The maximum atomic E-state index is 12.9. The average molecular weight is 324 g/mol. The fraction of sp³-hybridized carbons (Fsp3) is 0.350. The number of ether oxygens (including phenoxy) is 1. The largest absolute Gasteiger partial charge is 0.493 e. The van der Waals surface area contributed by atoms with Gasteiger partial charge in [-0.1, -0.05) is 30.3 Å². The van der Waals surface area contributed by atoms with E-state index in [-0.39, 0.29) is 11.9 Å². The van der Waals surface area contributed by atoms with Crippen LogP contribution in [0.25, 0.3) is 0 Å². The van der Waals surface area contributed by atoms with Crippen molar-refractivity contribution in [2.45, 2.75) is 25.3 Å². The highest BCUT2D eigenvalue weighted by Crippen LogP contribution is 2.26. The van der Waals surface area contributed by atoms with E-state index in [0.29, 0.717) is 13.2 Å². The first-order chi connectivity index (χ1) is 11.7. The molecule has 0 aliphatic carbocycles. The molecule has 2 N–H and O–H groups in total.